The Morgan fingerprint density at radius 3 is 2.84 bits per heavy atom. The fraction of sp³-hybridized carbons (Fsp3) is 0.625. The number of nitrogens with one attached hydrogen (secondary N) is 1. The van der Waals surface area contributed by atoms with Crippen molar-refractivity contribution in [3.63, 3.8) is 0 Å². The number of rotatable bonds is 3. The van der Waals surface area contributed by atoms with E-state index >= 15 is 0 Å². The second-order valence-corrected chi connectivity index (χ2v) is 6.07. The van der Waals surface area contributed by atoms with Crippen LogP contribution in [-0.2, 0) is 16.1 Å². The summed E-state index contributed by atoms with van der Waals surface area (Å²) >= 11 is 0. The number of hydrogen-bond donors (Lipinski definition) is 1. The Balaban J connectivity index is 1.64. The minimum atomic E-state index is 0.338. The lowest BCUT2D eigenvalue weighted by atomic mass is 9.82. The van der Waals surface area contributed by atoms with Crippen LogP contribution >= 0.6 is 0 Å². The Bertz CT molecular complexity index is 427. The normalized spacial score (nSPS) is 25.8. The minimum Gasteiger partial charge on any atom is -0.381 e. The molecule has 1 fully saturated rings. The van der Waals surface area contributed by atoms with Gasteiger partial charge in [-0.15, -0.1) is 0 Å². The third kappa shape index (κ3) is 2.99. The first-order valence-corrected chi connectivity index (χ1v) is 7.24. The monoisotopic (exact) mass is 261 g/mol. The molecule has 3 rings (SSSR count). The summed E-state index contributed by atoms with van der Waals surface area (Å²) in [5.41, 5.74) is 3.10. The fourth-order valence-corrected chi connectivity index (χ4v) is 2.96. The van der Waals surface area contributed by atoms with Crippen molar-refractivity contribution in [2.24, 2.45) is 5.41 Å². The number of ether oxygens (including phenoxy) is 2. The molecule has 2 heterocycles. The van der Waals surface area contributed by atoms with Crippen LogP contribution in [0.25, 0.3) is 0 Å². The van der Waals surface area contributed by atoms with Crippen LogP contribution in [0.5, 0.6) is 0 Å². The molecule has 19 heavy (non-hydrogen) atoms. The molecular formula is C16H23NO2. The first kappa shape index (κ1) is 13.1. The van der Waals surface area contributed by atoms with Crippen molar-refractivity contribution < 1.29 is 9.47 Å². The molecule has 104 valence electrons. The Labute approximate surface area is 115 Å². The van der Waals surface area contributed by atoms with Gasteiger partial charge in [0.2, 0.25) is 0 Å². The Morgan fingerprint density at radius 1 is 1.21 bits per heavy atom. The van der Waals surface area contributed by atoms with Crippen LogP contribution in [0.2, 0.25) is 0 Å². The molecule has 1 unspecified atom stereocenters. The molecule has 0 saturated carbocycles. The standard InChI is InChI=1S/C16H23NO2/c1-16(6-8-18-9-7-16)12-17-15-11-19-10-13-4-2-3-5-14(13)15/h2-5,15,17H,6-12H2,1H3. The first-order chi connectivity index (χ1) is 9.27. The van der Waals surface area contributed by atoms with Gasteiger partial charge in [0.1, 0.15) is 0 Å². The fourth-order valence-electron chi connectivity index (χ4n) is 2.96. The van der Waals surface area contributed by atoms with Gasteiger partial charge in [0.05, 0.1) is 19.3 Å². The van der Waals surface area contributed by atoms with Gasteiger partial charge in [-0.1, -0.05) is 31.2 Å². The number of hydrogen-bond acceptors (Lipinski definition) is 3. The molecule has 0 aromatic heterocycles. The Kier molecular flexibility index (Phi) is 3.87. The summed E-state index contributed by atoms with van der Waals surface area (Å²) in [6, 6.07) is 8.94. The molecule has 1 saturated heterocycles. The van der Waals surface area contributed by atoms with Gasteiger partial charge in [0.15, 0.2) is 0 Å². The minimum absolute atomic E-state index is 0.338. The average molecular weight is 261 g/mol. The van der Waals surface area contributed by atoms with E-state index in [0.717, 1.165) is 45.8 Å². The van der Waals surface area contributed by atoms with Crippen LogP contribution in [0.3, 0.4) is 0 Å². The predicted molar refractivity (Wildman–Crippen MR) is 75.0 cm³/mol. The van der Waals surface area contributed by atoms with Gasteiger partial charge in [0, 0.05) is 19.8 Å². The second kappa shape index (κ2) is 5.61. The van der Waals surface area contributed by atoms with Gasteiger partial charge < -0.3 is 14.8 Å². The maximum atomic E-state index is 5.69. The number of fused-ring (bicyclic) bond motifs is 1. The van der Waals surface area contributed by atoms with E-state index in [2.05, 4.69) is 36.5 Å². The lowest BCUT2D eigenvalue weighted by molar-refractivity contribution is 0.0182. The van der Waals surface area contributed by atoms with Crippen molar-refractivity contribution in [1.82, 2.24) is 5.32 Å². The molecule has 3 heteroatoms. The zero-order valence-corrected chi connectivity index (χ0v) is 11.7. The van der Waals surface area contributed by atoms with Crippen molar-refractivity contribution in [3.8, 4) is 0 Å². The lowest BCUT2D eigenvalue weighted by Crippen LogP contribution is -2.40. The number of benzene rings is 1. The molecular weight excluding hydrogens is 238 g/mol. The zero-order valence-electron chi connectivity index (χ0n) is 11.7. The van der Waals surface area contributed by atoms with E-state index in [9.17, 15) is 0 Å². The topological polar surface area (TPSA) is 30.5 Å². The summed E-state index contributed by atoms with van der Waals surface area (Å²) in [5, 5.41) is 3.71. The zero-order chi connectivity index (χ0) is 13.1. The van der Waals surface area contributed by atoms with Crippen molar-refractivity contribution >= 4 is 0 Å². The van der Waals surface area contributed by atoms with Crippen LogP contribution in [0.15, 0.2) is 24.3 Å². The van der Waals surface area contributed by atoms with Gasteiger partial charge in [-0.05, 0) is 29.4 Å². The summed E-state index contributed by atoms with van der Waals surface area (Å²) in [6.07, 6.45) is 2.30. The third-order valence-corrected chi connectivity index (χ3v) is 4.45. The molecule has 1 aromatic carbocycles. The second-order valence-electron chi connectivity index (χ2n) is 6.07. The van der Waals surface area contributed by atoms with Crippen LogP contribution in [0, 0.1) is 5.41 Å². The van der Waals surface area contributed by atoms with Crippen molar-refractivity contribution in [3.05, 3.63) is 35.4 Å². The van der Waals surface area contributed by atoms with Crippen molar-refractivity contribution in [2.75, 3.05) is 26.4 Å². The van der Waals surface area contributed by atoms with E-state index in [-0.39, 0.29) is 0 Å². The molecule has 0 bridgehead atoms. The van der Waals surface area contributed by atoms with Gasteiger partial charge >= 0.3 is 0 Å². The van der Waals surface area contributed by atoms with Crippen LogP contribution in [-0.4, -0.2) is 26.4 Å². The molecule has 1 atom stereocenters. The highest BCUT2D eigenvalue weighted by atomic mass is 16.5. The molecule has 1 N–H and O–H groups in total. The maximum Gasteiger partial charge on any atom is 0.0721 e. The van der Waals surface area contributed by atoms with E-state index in [1.54, 1.807) is 0 Å². The molecule has 0 spiro atoms. The SMILES string of the molecule is CC1(CNC2COCc3ccccc32)CCOCC1. The van der Waals surface area contributed by atoms with E-state index in [4.69, 9.17) is 9.47 Å². The predicted octanol–water partition coefficient (Wildman–Crippen LogP) is 2.66. The summed E-state index contributed by atoms with van der Waals surface area (Å²) in [7, 11) is 0. The molecule has 1 aromatic rings. The molecule has 3 nitrogen and oxygen atoms in total. The van der Waals surface area contributed by atoms with E-state index in [1.807, 2.05) is 0 Å². The Hall–Kier alpha value is -0.900. The third-order valence-electron chi connectivity index (χ3n) is 4.45. The maximum absolute atomic E-state index is 5.69. The van der Waals surface area contributed by atoms with Crippen LogP contribution in [0.1, 0.15) is 36.9 Å². The molecule has 2 aliphatic rings. The summed E-state index contributed by atoms with van der Waals surface area (Å²) in [4.78, 5) is 0. The van der Waals surface area contributed by atoms with E-state index < -0.39 is 0 Å². The van der Waals surface area contributed by atoms with E-state index in [0.29, 0.717) is 11.5 Å². The largest absolute Gasteiger partial charge is 0.381 e. The van der Waals surface area contributed by atoms with Crippen molar-refractivity contribution in [1.29, 1.82) is 0 Å². The molecule has 2 aliphatic heterocycles. The van der Waals surface area contributed by atoms with Gasteiger partial charge in [-0.2, -0.15) is 0 Å². The van der Waals surface area contributed by atoms with Gasteiger partial charge in [-0.3, -0.25) is 0 Å². The van der Waals surface area contributed by atoms with Crippen LogP contribution in [0.4, 0.5) is 0 Å². The Morgan fingerprint density at radius 2 is 2.00 bits per heavy atom. The lowest BCUT2D eigenvalue weighted by Gasteiger charge is -2.36. The highest BCUT2D eigenvalue weighted by molar-refractivity contribution is 5.31. The first-order valence-electron chi connectivity index (χ1n) is 7.24. The molecule has 0 amide bonds. The summed E-state index contributed by atoms with van der Waals surface area (Å²) in [6.45, 7) is 6.73. The quantitative estimate of drug-likeness (QED) is 0.907. The van der Waals surface area contributed by atoms with Crippen molar-refractivity contribution in [2.45, 2.75) is 32.4 Å². The van der Waals surface area contributed by atoms with Crippen LogP contribution < -0.4 is 5.32 Å². The van der Waals surface area contributed by atoms with Gasteiger partial charge in [0.25, 0.3) is 0 Å². The smallest absolute Gasteiger partial charge is 0.0721 e. The molecule has 0 aliphatic carbocycles. The summed E-state index contributed by atoms with van der Waals surface area (Å²) in [5.74, 6) is 0. The summed E-state index contributed by atoms with van der Waals surface area (Å²) < 4.78 is 11.2. The average Bonchev–Trinajstić information content (AvgIpc) is 2.46. The van der Waals surface area contributed by atoms with Gasteiger partial charge in [-0.25, -0.2) is 0 Å². The molecule has 0 radical (unpaired) electrons. The highest BCUT2D eigenvalue weighted by Gasteiger charge is 2.29. The highest BCUT2D eigenvalue weighted by Crippen LogP contribution is 2.31. The van der Waals surface area contributed by atoms with E-state index in [1.165, 1.54) is 11.1 Å².